The van der Waals surface area contributed by atoms with Crippen LogP contribution in [0.4, 0.5) is 0 Å². The molecule has 0 radical (unpaired) electrons. The molecule has 0 spiro atoms. The average Bonchev–Trinajstić information content (AvgIpc) is 3.15. The Balaban J connectivity index is 1.50. The second kappa shape index (κ2) is 9.15. The SMILES string of the molecule is Cc1cc(OCn2ccc(C(=O)N3CCN(CCS(C)(=O)=O)CC3)n2)ccc1Cl. The zero-order valence-corrected chi connectivity index (χ0v) is 18.1. The molecule has 0 unspecified atom stereocenters. The zero-order valence-electron chi connectivity index (χ0n) is 16.5. The number of halogens is 1. The summed E-state index contributed by atoms with van der Waals surface area (Å²) in [5.74, 6) is 0.688. The molecule has 8 nitrogen and oxygen atoms in total. The van der Waals surface area contributed by atoms with Crippen LogP contribution in [0.3, 0.4) is 0 Å². The van der Waals surface area contributed by atoms with Gasteiger partial charge in [-0.15, -0.1) is 0 Å². The molecule has 0 bridgehead atoms. The van der Waals surface area contributed by atoms with E-state index in [0.717, 1.165) is 5.56 Å². The van der Waals surface area contributed by atoms with E-state index in [0.29, 0.717) is 49.2 Å². The van der Waals surface area contributed by atoms with Crippen LogP contribution in [0.15, 0.2) is 30.5 Å². The summed E-state index contributed by atoms with van der Waals surface area (Å²) in [4.78, 5) is 16.5. The Morgan fingerprint density at radius 2 is 1.93 bits per heavy atom. The molecule has 3 rings (SSSR count). The predicted octanol–water partition coefficient (Wildman–Crippen LogP) is 1.68. The summed E-state index contributed by atoms with van der Waals surface area (Å²) in [7, 11) is -2.98. The topological polar surface area (TPSA) is 84.7 Å². The first kappa shape index (κ1) is 21.6. The second-order valence-corrected chi connectivity index (χ2v) is 9.86. The zero-order chi connectivity index (χ0) is 21.0. The van der Waals surface area contributed by atoms with Gasteiger partial charge in [0.05, 0.1) is 5.75 Å². The minimum atomic E-state index is -2.98. The Labute approximate surface area is 175 Å². The van der Waals surface area contributed by atoms with Crippen molar-refractivity contribution < 1.29 is 17.9 Å². The number of hydrogen-bond acceptors (Lipinski definition) is 6. The monoisotopic (exact) mass is 440 g/mol. The highest BCUT2D eigenvalue weighted by Gasteiger charge is 2.24. The van der Waals surface area contributed by atoms with Crippen molar-refractivity contribution >= 4 is 27.3 Å². The lowest BCUT2D eigenvalue weighted by Crippen LogP contribution is -2.49. The standard InChI is InChI=1S/C19H25ClN4O4S/c1-15-13-16(3-4-17(15)20)28-14-24-6-5-18(21-24)19(25)23-9-7-22(8-10-23)11-12-29(2,26)27/h3-6,13H,7-12,14H2,1-2H3. The van der Waals surface area contributed by atoms with Crippen LogP contribution in [0.5, 0.6) is 5.75 Å². The van der Waals surface area contributed by atoms with E-state index in [1.54, 1.807) is 34.0 Å². The molecule has 1 saturated heterocycles. The minimum absolute atomic E-state index is 0.131. The molecule has 2 aromatic rings. The van der Waals surface area contributed by atoms with Crippen molar-refractivity contribution in [2.75, 3.05) is 44.7 Å². The third-order valence-electron chi connectivity index (χ3n) is 4.79. The summed E-state index contributed by atoms with van der Waals surface area (Å²) in [6.45, 7) is 5.00. The summed E-state index contributed by atoms with van der Waals surface area (Å²) >= 11 is 6.01. The lowest BCUT2D eigenvalue weighted by molar-refractivity contribution is 0.0636. The van der Waals surface area contributed by atoms with Gasteiger partial charge in [0.25, 0.3) is 5.91 Å². The molecule has 2 heterocycles. The molecule has 0 saturated carbocycles. The maximum atomic E-state index is 12.7. The van der Waals surface area contributed by atoms with Gasteiger partial charge in [-0.1, -0.05) is 11.6 Å². The first-order chi connectivity index (χ1) is 13.7. The van der Waals surface area contributed by atoms with Crippen LogP contribution in [0.1, 0.15) is 16.1 Å². The summed E-state index contributed by atoms with van der Waals surface area (Å²) < 4.78 is 29.8. The summed E-state index contributed by atoms with van der Waals surface area (Å²) in [5.41, 5.74) is 1.29. The highest BCUT2D eigenvalue weighted by atomic mass is 35.5. The minimum Gasteiger partial charge on any atom is -0.471 e. The van der Waals surface area contributed by atoms with E-state index in [-0.39, 0.29) is 18.4 Å². The molecular formula is C19H25ClN4O4S. The van der Waals surface area contributed by atoms with Gasteiger partial charge in [-0.3, -0.25) is 9.69 Å². The third kappa shape index (κ3) is 6.19. The van der Waals surface area contributed by atoms with Crippen LogP contribution in [-0.2, 0) is 16.6 Å². The molecule has 29 heavy (non-hydrogen) atoms. The molecule has 1 fully saturated rings. The number of aromatic nitrogens is 2. The Bertz CT molecular complexity index is 968. The van der Waals surface area contributed by atoms with Gasteiger partial charge >= 0.3 is 0 Å². The Hall–Kier alpha value is -2.10. The van der Waals surface area contributed by atoms with Gasteiger partial charge in [-0.05, 0) is 36.8 Å². The van der Waals surface area contributed by atoms with Crippen molar-refractivity contribution in [3.63, 3.8) is 0 Å². The van der Waals surface area contributed by atoms with E-state index in [9.17, 15) is 13.2 Å². The number of nitrogens with zero attached hydrogens (tertiary/aromatic N) is 4. The Kier molecular flexibility index (Phi) is 6.81. The van der Waals surface area contributed by atoms with Gasteiger partial charge in [0.15, 0.2) is 12.4 Å². The first-order valence-corrected chi connectivity index (χ1v) is 11.8. The average molecular weight is 441 g/mol. The molecular weight excluding hydrogens is 416 g/mol. The number of amides is 1. The molecule has 10 heteroatoms. The number of sulfone groups is 1. The van der Waals surface area contributed by atoms with E-state index in [4.69, 9.17) is 16.3 Å². The molecule has 0 atom stereocenters. The van der Waals surface area contributed by atoms with Crippen molar-refractivity contribution in [1.82, 2.24) is 19.6 Å². The number of carbonyl (C=O) groups excluding carboxylic acids is 1. The summed E-state index contributed by atoms with van der Waals surface area (Å²) in [6.07, 6.45) is 2.94. The van der Waals surface area contributed by atoms with Crippen molar-refractivity contribution in [3.05, 3.63) is 46.7 Å². The quantitative estimate of drug-likeness (QED) is 0.651. The van der Waals surface area contributed by atoms with Gasteiger partial charge in [0.2, 0.25) is 0 Å². The smallest absolute Gasteiger partial charge is 0.274 e. The van der Waals surface area contributed by atoms with E-state index >= 15 is 0 Å². The van der Waals surface area contributed by atoms with E-state index in [2.05, 4.69) is 10.00 Å². The Morgan fingerprint density at radius 1 is 1.21 bits per heavy atom. The van der Waals surface area contributed by atoms with E-state index in [1.165, 1.54) is 6.26 Å². The van der Waals surface area contributed by atoms with Crippen LogP contribution < -0.4 is 4.74 Å². The number of ether oxygens (including phenoxy) is 1. The highest BCUT2D eigenvalue weighted by Crippen LogP contribution is 2.21. The maximum Gasteiger partial charge on any atom is 0.274 e. The van der Waals surface area contributed by atoms with Crippen LogP contribution >= 0.6 is 11.6 Å². The molecule has 1 aliphatic rings. The molecule has 0 aliphatic carbocycles. The van der Waals surface area contributed by atoms with Crippen molar-refractivity contribution in [2.24, 2.45) is 0 Å². The van der Waals surface area contributed by atoms with Crippen LogP contribution in [0, 0.1) is 6.92 Å². The normalized spacial score (nSPS) is 15.5. The molecule has 1 aromatic heterocycles. The fourth-order valence-corrected chi connectivity index (χ4v) is 3.73. The highest BCUT2D eigenvalue weighted by molar-refractivity contribution is 7.90. The van der Waals surface area contributed by atoms with Crippen LogP contribution in [0.2, 0.25) is 5.02 Å². The number of benzene rings is 1. The largest absolute Gasteiger partial charge is 0.471 e. The summed E-state index contributed by atoms with van der Waals surface area (Å²) in [5, 5.41) is 4.99. The molecule has 1 amide bonds. The van der Waals surface area contributed by atoms with Gasteiger partial charge in [0, 0.05) is 50.2 Å². The van der Waals surface area contributed by atoms with Gasteiger partial charge in [-0.25, -0.2) is 13.1 Å². The first-order valence-electron chi connectivity index (χ1n) is 9.33. The van der Waals surface area contributed by atoms with Gasteiger partial charge < -0.3 is 9.64 Å². The van der Waals surface area contributed by atoms with Crippen molar-refractivity contribution in [2.45, 2.75) is 13.7 Å². The fourth-order valence-electron chi connectivity index (χ4n) is 3.03. The number of hydrogen-bond donors (Lipinski definition) is 0. The molecule has 1 aliphatic heterocycles. The summed E-state index contributed by atoms with van der Waals surface area (Å²) in [6, 6.07) is 7.09. The van der Waals surface area contributed by atoms with E-state index in [1.807, 2.05) is 13.0 Å². The third-order valence-corrected chi connectivity index (χ3v) is 6.14. The lowest BCUT2D eigenvalue weighted by Gasteiger charge is -2.34. The second-order valence-electron chi connectivity index (χ2n) is 7.19. The molecule has 1 aromatic carbocycles. The predicted molar refractivity (Wildman–Crippen MR) is 111 cm³/mol. The number of piperazine rings is 1. The van der Waals surface area contributed by atoms with Gasteiger partial charge in [0.1, 0.15) is 15.6 Å². The lowest BCUT2D eigenvalue weighted by atomic mass is 10.2. The van der Waals surface area contributed by atoms with Crippen LogP contribution in [0.25, 0.3) is 0 Å². The van der Waals surface area contributed by atoms with Crippen molar-refractivity contribution in [1.29, 1.82) is 0 Å². The van der Waals surface area contributed by atoms with Gasteiger partial charge in [-0.2, -0.15) is 5.10 Å². The molecule has 0 N–H and O–H groups in total. The maximum absolute atomic E-state index is 12.7. The van der Waals surface area contributed by atoms with Crippen LogP contribution in [-0.4, -0.2) is 78.6 Å². The number of aryl methyl sites for hydroxylation is 1. The molecule has 158 valence electrons. The number of carbonyl (C=O) groups is 1. The van der Waals surface area contributed by atoms with Crippen molar-refractivity contribution in [3.8, 4) is 5.75 Å². The Morgan fingerprint density at radius 3 is 2.59 bits per heavy atom. The van der Waals surface area contributed by atoms with E-state index < -0.39 is 9.84 Å². The fraction of sp³-hybridized carbons (Fsp3) is 0.474. The number of rotatable bonds is 7.